The van der Waals surface area contributed by atoms with Gasteiger partial charge in [-0.25, -0.2) is 9.97 Å². The third-order valence-corrected chi connectivity index (χ3v) is 4.70. The van der Waals surface area contributed by atoms with Crippen molar-refractivity contribution in [3.8, 4) is 11.5 Å². The van der Waals surface area contributed by atoms with Gasteiger partial charge in [0.25, 0.3) is 0 Å². The maximum absolute atomic E-state index is 10.8. The lowest BCUT2D eigenvalue weighted by Crippen LogP contribution is -2.18. The lowest BCUT2D eigenvalue weighted by molar-refractivity contribution is -0.136. The summed E-state index contributed by atoms with van der Waals surface area (Å²) >= 11 is 6.12. The van der Waals surface area contributed by atoms with Gasteiger partial charge in [-0.15, -0.1) is 0 Å². The number of rotatable bonds is 6. The Bertz CT molecular complexity index is 1010. The Morgan fingerprint density at radius 2 is 2.00 bits per heavy atom. The molecule has 1 aromatic carbocycles. The van der Waals surface area contributed by atoms with Gasteiger partial charge in [-0.05, 0) is 35.4 Å². The molecule has 0 bridgehead atoms. The van der Waals surface area contributed by atoms with Crippen molar-refractivity contribution in [1.29, 1.82) is 0 Å². The molecule has 7 nitrogen and oxygen atoms in total. The van der Waals surface area contributed by atoms with Gasteiger partial charge in [0.05, 0.1) is 6.42 Å². The molecular weight excluding hydrogens is 378 g/mol. The second-order valence-electron chi connectivity index (χ2n) is 6.49. The first-order valence-corrected chi connectivity index (χ1v) is 9.25. The first-order chi connectivity index (χ1) is 13.6. The van der Waals surface area contributed by atoms with Crippen LogP contribution >= 0.6 is 11.6 Å². The van der Waals surface area contributed by atoms with Gasteiger partial charge in [-0.2, -0.15) is 0 Å². The smallest absolute Gasteiger partial charge is 0.305 e. The number of aliphatic carboxylic acids is 1. The Kier molecular flexibility index (Phi) is 5.08. The van der Waals surface area contributed by atoms with Gasteiger partial charge in [0.1, 0.15) is 17.3 Å². The van der Waals surface area contributed by atoms with Gasteiger partial charge < -0.3 is 15.3 Å². The van der Waals surface area contributed by atoms with Crippen LogP contribution in [0.5, 0.6) is 0 Å². The molecule has 0 radical (unpaired) electrons. The van der Waals surface area contributed by atoms with Gasteiger partial charge in [0.2, 0.25) is 0 Å². The highest BCUT2D eigenvalue weighted by molar-refractivity contribution is 6.30. The van der Waals surface area contributed by atoms with E-state index in [2.05, 4.69) is 20.2 Å². The molecule has 28 heavy (non-hydrogen) atoms. The summed E-state index contributed by atoms with van der Waals surface area (Å²) < 4.78 is 0. The van der Waals surface area contributed by atoms with E-state index in [1.165, 1.54) is 11.1 Å². The second kappa shape index (κ2) is 7.82. The molecule has 0 saturated heterocycles. The zero-order valence-electron chi connectivity index (χ0n) is 15.0. The van der Waals surface area contributed by atoms with E-state index in [-0.39, 0.29) is 13.0 Å². The Labute approximate surface area is 167 Å². The van der Waals surface area contributed by atoms with E-state index < -0.39 is 5.97 Å². The summed E-state index contributed by atoms with van der Waals surface area (Å²) in [5, 5.41) is 12.7. The molecule has 1 aliphatic rings. The highest BCUT2D eigenvalue weighted by Gasteiger charge is 2.22. The lowest BCUT2D eigenvalue weighted by atomic mass is 10.1. The van der Waals surface area contributed by atoms with Crippen LogP contribution in [-0.4, -0.2) is 32.6 Å². The van der Waals surface area contributed by atoms with E-state index in [4.69, 9.17) is 21.7 Å². The Hall–Kier alpha value is -3.19. The Morgan fingerprint density at radius 3 is 2.79 bits per heavy atom. The van der Waals surface area contributed by atoms with E-state index in [0.29, 0.717) is 28.9 Å². The summed E-state index contributed by atoms with van der Waals surface area (Å²) in [6, 6.07) is 13.3. The fourth-order valence-electron chi connectivity index (χ4n) is 3.12. The Balaban J connectivity index is 1.65. The summed E-state index contributed by atoms with van der Waals surface area (Å²) in [4.78, 5) is 26.5. The molecule has 0 amide bonds. The third-order valence-electron chi connectivity index (χ3n) is 4.47. The second-order valence-corrected chi connectivity index (χ2v) is 6.93. The SMILES string of the molecule is O=C(O)CCNc1cc(N2Cc3ccc(Cl)cc3C2)nc(-c2ccccn2)n1. The van der Waals surface area contributed by atoms with Crippen LogP contribution in [0.3, 0.4) is 0 Å². The average molecular weight is 396 g/mol. The fraction of sp³-hybridized carbons (Fsp3) is 0.200. The maximum Gasteiger partial charge on any atom is 0.305 e. The van der Waals surface area contributed by atoms with Crippen LogP contribution in [-0.2, 0) is 17.9 Å². The van der Waals surface area contributed by atoms with Crippen molar-refractivity contribution in [1.82, 2.24) is 15.0 Å². The number of fused-ring (bicyclic) bond motifs is 1. The minimum atomic E-state index is -0.862. The number of benzene rings is 1. The van der Waals surface area contributed by atoms with Crippen molar-refractivity contribution in [2.45, 2.75) is 19.5 Å². The summed E-state index contributed by atoms with van der Waals surface area (Å²) in [6.07, 6.45) is 1.70. The van der Waals surface area contributed by atoms with Crippen LogP contribution in [0.25, 0.3) is 11.5 Å². The molecule has 2 N–H and O–H groups in total. The van der Waals surface area contributed by atoms with Crippen molar-refractivity contribution in [3.05, 3.63) is 64.8 Å². The highest BCUT2D eigenvalue weighted by atomic mass is 35.5. The van der Waals surface area contributed by atoms with Crippen molar-refractivity contribution in [2.75, 3.05) is 16.8 Å². The number of carbonyl (C=O) groups is 1. The number of nitrogens with zero attached hydrogens (tertiary/aromatic N) is 4. The largest absolute Gasteiger partial charge is 0.481 e. The minimum absolute atomic E-state index is 0.00586. The molecule has 4 rings (SSSR count). The fourth-order valence-corrected chi connectivity index (χ4v) is 3.31. The molecule has 0 fully saturated rings. The molecule has 3 aromatic rings. The number of hydrogen-bond donors (Lipinski definition) is 2. The standard InChI is InChI=1S/C20H18ClN5O2/c21-15-5-4-13-11-26(12-14(13)9-15)18-10-17(23-8-6-19(27)28)24-20(25-18)16-3-1-2-7-22-16/h1-5,7,9-10H,6,8,11-12H2,(H,27,28)(H,23,24,25). The topological polar surface area (TPSA) is 91.2 Å². The summed E-state index contributed by atoms with van der Waals surface area (Å²) in [7, 11) is 0. The van der Waals surface area contributed by atoms with Crippen molar-refractivity contribution >= 4 is 29.2 Å². The predicted molar refractivity (Wildman–Crippen MR) is 107 cm³/mol. The molecule has 0 saturated carbocycles. The monoisotopic (exact) mass is 395 g/mol. The van der Waals surface area contributed by atoms with Crippen molar-refractivity contribution < 1.29 is 9.90 Å². The molecule has 0 atom stereocenters. The van der Waals surface area contributed by atoms with E-state index >= 15 is 0 Å². The predicted octanol–water partition coefficient (Wildman–Crippen LogP) is 3.60. The normalized spacial score (nSPS) is 12.7. The average Bonchev–Trinajstić information content (AvgIpc) is 3.11. The molecule has 3 heterocycles. The summed E-state index contributed by atoms with van der Waals surface area (Å²) in [5.74, 6) is 0.949. The van der Waals surface area contributed by atoms with Crippen LogP contribution in [0.1, 0.15) is 17.5 Å². The van der Waals surface area contributed by atoms with Gasteiger partial charge in [0, 0.05) is 36.9 Å². The van der Waals surface area contributed by atoms with E-state index in [1.807, 2.05) is 42.5 Å². The quantitative estimate of drug-likeness (QED) is 0.658. The van der Waals surface area contributed by atoms with E-state index in [0.717, 1.165) is 12.4 Å². The number of carboxylic acid groups (broad SMARTS) is 1. The molecule has 2 aromatic heterocycles. The van der Waals surface area contributed by atoms with Gasteiger partial charge in [-0.3, -0.25) is 9.78 Å². The first-order valence-electron chi connectivity index (χ1n) is 8.87. The minimum Gasteiger partial charge on any atom is -0.481 e. The number of pyridine rings is 1. The highest BCUT2D eigenvalue weighted by Crippen LogP contribution is 2.31. The van der Waals surface area contributed by atoms with Crippen LogP contribution in [0.15, 0.2) is 48.7 Å². The molecule has 8 heteroatoms. The van der Waals surface area contributed by atoms with Crippen molar-refractivity contribution in [3.63, 3.8) is 0 Å². The molecule has 0 unspecified atom stereocenters. The zero-order chi connectivity index (χ0) is 19.5. The number of halogens is 1. The van der Waals surface area contributed by atoms with Gasteiger partial charge >= 0.3 is 5.97 Å². The number of hydrogen-bond acceptors (Lipinski definition) is 6. The molecular formula is C20H18ClN5O2. The zero-order valence-corrected chi connectivity index (χ0v) is 15.7. The molecule has 0 aliphatic carbocycles. The molecule has 142 valence electrons. The maximum atomic E-state index is 10.8. The summed E-state index contributed by atoms with van der Waals surface area (Å²) in [6.45, 7) is 1.70. The molecule has 1 aliphatic heterocycles. The van der Waals surface area contributed by atoms with Gasteiger partial charge in [0.15, 0.2) is 5.82 Å². The van der Waals surface area contributed by atoms with Crippen LogP contribution in [0.4, 0.5) is 11.6 Å². The number of aromatic nitrogens is 3. The molecule has 0 spiro atoms. The number of anilines is 2. The van der Waals surface area contributed by atoms with Crippen LogP contribution in [0, 0.1) is 0 Å². The first kappa shape index (κ1) is 18.2. The van der Waals surface area contributed by atoms with E-state index in [9.17, 15) is 4.79 Å². The third kappa shape index (κ3) is 4.04. The van der Waals surface area contributed by atoms with Crippen LogP contribution in [0.2, 0.25) is 5.02 Å². The van der Waals surface area contributed by atoms with Crippen LogP contribution < -0.4 is 10.2 Å². The van der Waals surface area contributed by atoms with Crippen molar-refractivity contribution in [2.24, 2.45) is 0 Å². The summed E-state index contributed by atoms with van der Waals surface area (Å²) in [5.41, 5.74) is 3.04. The van der Waals surface area contributed by atoms with Gasteiger partial charge in [-0.1, -0.05) is 23.7 Å². The number of nitrogens with one attached hydrogen (secondary N) is 1. The Morgan fingerprint density at radius 1 is 1.14 bits per heavy atom. The van der Waals surface area contributed by atoms with E-state index in [1.54, 1.807) is 6.20 Å². The number of carboxylic acids is 1. The lowest BCUT2D eigenvalue weighted by Gasteiger charge is -2.18.